The molecule has 1 aliphatic heterocycles. The average molecular weight is 434 g/mol. The molecule has 1 N–H and O–H groups in total. The zero-order valence-corrected chi connectivity index (χ0v) is 17.2. The van der Waals surface area contributed by atoms with Gasteiger partial charge in [-0.2, -0.15) is 13.2 Å². The third-order valence-corrected chi connectivity index (χ3v) is 4.47. The van der Waals surface area contributed by atoms with Crippen LogP contribution in [0.5, 0.6) is 0 Å². The number of nitrogens with one attached hydrogen (secondary N) is 1. The van der Waals surface area contributed by atoms with Gasteiger partial charge in [0.05, 0.1) is 16.7 Å². The summed E-state index contributed by atoms with van der Waals surface area (Å²) in [5.74, 6) is -0.973. The Hall–Kier alpha value is -3.36. The van der Waals surface area contributed by atoms with Crippen molar-refractivity contribution in [1.82, 2.24) is 4.90 Å². The maximum Gasteiger partial charge on any atom is 0.416 e. The van der Waals surface area contributed by atoms with E-state index >= 15 is 0 Å². The van der Waals surface area contributed by atoms with E-state index < -0.39 is 35.2 Å². The highest BCUT2D eigenvalue weighted by atomic mass is 19.4. The molecule has 9 heteroatoms. The predicted molar refractivity (Wildman–Crippen MR) is 107 cm³/mol. The number of imide groups is 1. The van der Waals surface area contributed by atoms with Crippen molar-refractivity contribution in [3.05, 3.63) is 64.7 Å². The molecule has 0 fully saturated rings. The number of benzene rings is 2. The Balaban J connectivity index is 1.80. The largest absolute Gasteiger partial charge is 0.444 e. The molecule has 1 heterocycles. The molecule has 6 nitrogen and oxygen atoms in total. The van der Waals surface area contributed by atoms with E-state index in [1.54, 1.807) is 32.9 Å². The molecule has 0 saturated heterocycles. The zero-order chi connectivity index (χ0) is 23.0. The molecular formula is C22H21F3N2O4. The maximum absolute atomic E-state index is 13.3. The van der Waals surface area contributed by atoms with Crippen LogP contribution in [0.2, 0.25) is 0 Å². The van der Waals surface area contributed by atoms with E-state index in [-0.39, 0.29) is 35.3 Å². The van der Waals surface area contributed by atoms with Gasteiger partial charge in [0.1, 0.15) is 5.60 Å². The van der Waals surface area contributed by atoms with Gasteiger partial charge in [-0.15, -0.1) is 0 Å². The van der Waals surface area contributed by atoms with E-state index in [0.29, 0.717) is 0 Å². The van der Waals surface area contributed by atoms with Crippen LogP contribution >= 0.6 is 0 Å². The third kappa shape index (κ3) is 5.22. The minimum atomic E-state index is -4.64. The van der Waals surface area contributed by atoms with Crippen molar-refractivity contribution in [2.24, 2.45) is 0 Å². The molecule has 3 amide bonds. The number of anilines is 1. The number of amides is 3. The molecule has 2 aromatic rings. The fourth-order valence-electron chi connectivity index (χ4n) is 3.18. The Bertz CT molecular complexity index is 1010. The van der Waals surface area contributed by atoms with Crippen LogP contribution in [0.3, 0.4) is 0 Å². The van der Waals surface area contributed by atoms with Crippen molar-refractivity contribution in [3.63, 3.8) is 0 Å². The van der Waals surface area contributed by atoms with E-state index in [1.807, 2.05) is 0 Å². The Kier molecular flexibility index (Phi) is 5.80. The number of nitrogens with zero attached hydrogens (tertiary/aromatic N) is 1. The van der Waals surface area contributed by atoms with Gasteiger partial charge in [-0.25, -0.2) is 4.79 Å². The van der Waals surface area contributed by atoms with Crippen molar-refractivity contribution >= 4 is 23.6 Å². The van der Waals surface area contributed by atoms with Crippen LogP contribution in [0, 0.1) is 0 Å². The van der Waals surface area contributed by atoms with Crippen LogP contribution in [0.1, 0.15) is 52.6 Å². The molecule has 0 unspecified atom stereocenters. The molecule has 0 aliphatic carbocycles. The van der Waals surface area contributed by atoms with Gasteiger partial charge >= 0.3 is 12.3 Å². The van der Waals surface area contributed by atoms with Gasteiger partial charge in [-0.05, 0) is 63.1 Å². The summed E-state index contributed by atoms with van der Waals surface area (Å²) in [6.07, 6.45) is -5.55. The molecule has 3 rings (SSSR count). The lowest BCUT2D eigenvalue weighted by Crippen LogP contribution is -2.31. The molecule has 0 aromatic heterocycles. The van der Waals surface area contributed by atoms with E-state index in [4.69, 9.17) is 4.74 Å². The number of fused-ring (bicyclic) bond motifs is 1. The smallest absolute Gasteiger partial charge is 0.416 e. The van der Waals surface area contributed by atoms with Gasteiger partial charge in [-0.3, -0.25) is 19.8 Å². The Morgan fingerprint density at radius 2 is 1.58 bits per heavy atom. The molecule has 0 atom stereocenters. The number of alkyl halides is 3. The molecule has 31 heavy (non-hydrogen) atoms. The minimum absolute atomic E-state index is 0.0155. The zero-order valence-electron chi connectivity index (χ0n) is 17.2. The van der Waals surface area contributed by atoms with E-state index in [2.05, 4.69) is 5.32 Å². The second-order valence-corrected chi connectivity index (χ2v) is 8.10. The minimum Gasteiger partial charge on any atom is -0.444 e. The van der Waals surface area contributed by atoms with Crippen molar-refractivity contribution in [2.75, 3.05) is 11.9 Å². The number of ether oxygens (including phenoxy) is 1. The third-order valence-electron chi connectivity index (χ3n) is 4.47. The van der Waals surface area contributed by atoms with Crippen LogP contribution in [-0.4, -0.2) is 35.0 Å². The monoisotopic (exact) mass is 434 g/mol. The first-order valence-corrected chi connectivity index (χ1v) is 9.51. The Labute approximate surface area is 177 Å². The first-order valence-electron chi connectivity index (χ1n) is 9.51. The molecule has 0 radical (unpaired) electrons. The van der Waals surface area contributed by atoms with Crippen LogP contribution < -0.4 is 5.32 Å². The van der Waals surface area contributed by atoms with Crippen molar-refractivity contribution in [3.8, 4) is 0 Å². The van der Waals surface area contributed by atoms with E-state index in [9.17, 15) is 27.6 Å². The highest BCUT2D eigenvalue weighted by molar-refractivity contribution is 6.21. The SMILES string of the molecule is CC(C)(C)OC(=O)Nc1cc(CCN2C(=O)c3ccccc3C2=O)cc(C(F)(F)F)c1. The molecule has 1 aliphatic rings. The molecule has 0 bridgehead atoms. The normalized spacial score (nSPS) is 13.9. The van der Waals surface area contributed by atoms with Crippen LogP contribution in [0.25, 0.3) is 0 Å². The fraction of sp³-hybridized carbons (Fsp3) is 0.318. The number of carbonyl (C=O) groups excluding carboxylic acids is 3. The number of halogens is 3. The summed E-state index contributed by atoms with van der Waals surface area (Å²) in [6.45, 7) is 4.80. The van der Waals surface area contributed by atoms with E-state index in [1.165, 1.54) is 18.2 Å². The van der Waals surface area contributed by atoms with Gasteiger partial charge in [0, 0.05) is 12.2 Å². The van der Waals surface area contributed by atoms with Gasteiger partial charge < -0.3 is 4.74 Å². The fourth-order valence-corrected chi connectivity index (χ4v) is 3.18. The Morgan fingerprint density at radius 3 is 2.10 bits per heavy atom. The Morgan fingerprint density at radius 1 is 1.00 bits per heavy atom. The van der Waals surface area contributed by atoms with Crippen LogP contribution in [-0.2, 0) is 17.3 Å². The first-order chi connectivity index (χ1) is 14.3. The lowest BCUT2D eigenvalue weighted by molar-refractivity contribution is -0.137. The second kappa shape index (κ2) is 8.05. The summed E-state index contributed by atoms with van der Waals surface area (Å²) in [7, 11) is 0. The molecule has 2 aromatic carbocycles. The quantitative estimate of drug-likeness (QED) is 0.696. The number of hydrogen-bond donors (Lipinski definition) is 1. The number of rotatable bonds is 4. The van der Waals surface area contributed by atoms with Crippen molar-refractivity contribution in [1.29, 1.82) is 0 Å². The molecule has 0 spiro atoms. The van der Waals surface area contributed by atoms with Crippen LogP contribution in [0.4, 0.5) is 23.7 Å². The van der Waals surface area contributed by atoms with Gasteiger partial charge in [0.25, 0.3) is 11.8 Å². The topological polar surface area (TPSA) is 75.7 Å². The predicted octanol–water partition coefficient (Wildman–Crippen LogP) is 4.89. The summed E-state index contributed by atoms with van der Waals surface area (Å²) in [4.78, 5) is 37.9. The van der Waals surface area contributed by atoms with Crippen molar-refractivity contribution in [2.45, 2.75) is 39.0 Å². The summed E-state index contributed by atoms with van der Waals surface area (Å²) in [5.41, 5.74) is -1.13. The van der Waals surface area contributed by atoms with Gasteiger partial charge in [0.2, 0.25) is 0 Å². The molecular weight excluding hydrogens is 413 g/mol. The molecule has 164 valence electrons. The lowest BCUT2D eigenvalue weighted by Gasteiger charge is -2.20. The highest BCUT2D eigenvalue weighted by Crippen LogP contribution is 2.32. The molecule has 0 saturated carbocycles. The van der Waals surface area contributed by atoms with Crippen molar-refractivity contribution < 1.29 is 32.3 Å². The number of carbonyl (C=O) groups is 3. The van der Waals surface area contributed by atoms with Gasteiger partial charge in [-0.1, -0.05) is 12.1 Å². The maximum atomic E-state index is 13.3. The average Bonchev–Trinajstić information content (AvgIpc) is 2.88. The lowest BCUT2D eigenvalue weighted by atomic mass is 10.1. The van der Waals surface area contributed by atoms with Crippen LogP contribution in [0.15, 0.2) is 42.5 Å². The second-order valence-electron chi connectivity index (χ2n) is 8.10. The number of hydrogen-bond acceptors (Lipinski definition) is 4. The standard InChI is InChI=1S/C22H21F3N2O4/c1-21(2,3)31-20(30)26-15-11-13(10-14(12-15)22(23,24)25)8-9-27-18(28)16-6-4-5-7-17(16)19(27)29/h4-7,10-12H,8-9H2,1-3H3,(H,26,30). The highest BCUT2D eigenvalue weighted by Gasteiger charge is 2.35. The van der Waals surface area contributed by atoms with E-state index in [0.717, 1.165) is 17.0 Å². The summed E-state index contributed by atoms with van der Waals surface area (Å²) >= 11 is 0. The first kappa shape index (κ1) is 22.3. The van der Waals surface area contributed by atoms with Gasteiger partial charge in [0.15, 0.2) is 0 Å². The summed E-state index contributed by atoms with van der Waals surface area (Å²) < 4.78 is 45.1. The summed E-state index contributed by atoms with van der Waals surface area (Å²) in [6, 6.07) is 9.42. The summed E-state index contributed by atoms with van der Waals surface area (Å²) in [5, 5.41) is 2.30.